The smallest absolute Gasteiger partial charge is 0.0598 e. The number of rotatable bonds is 6. The maximum atomic E-state index is 5.71. The summed E-state index contributed by atoms with van der Waals surface area (Å²) in [5, 5.41) is 3.47. The highest BCUT2D eigenvalue weighted by Gasteiger charge is 2.14. The first-order chi connectivity index (χ1) is 12.4. The Balaban J connectivity index is 1.83. The van der Waals surface area contributed by atoms with Crippen LogP contribution in [0.2, 0.25) is 0 Å². The second-order valence-corrected chi connectivity index (χ2v) is 7.28. The molecule has 25 heavy (non-hydrogen) atoms. The van der Waals surface area contributed by atoms with Crippen LogP contribution in [0.25, 0.3) is 32.6 Å². The zero-order valence-electron chi connectivity index (χ0n) is 14.2. The maximum absolute atomic E-state index is 5.71. The minimum Gasteiger partial charge on any atom is -0.354 e. The molecule has 0 aliphatic rings. The third-order valence-electron chi connectivity index (χ3n) is 4.66. The van der Waals surface area contributed by atoms with Gasteiger partial charge in [0.05, 0.1) is 10.6 Å². The normalized spacial score (nSPS) is 11.2. The third-order valence-corrected chi connectivity index (χ3v) is 5.55. The summed E-state index contributed by atoms with van der Waals surface area (Å²) < 4.78 is 0. The molecule has 4 rings (SSSR count). The molecular weight excluding hydrogens is 324 g/mol. The summed E-state index contributed by atoms with van der Waals surface area (Å²) in [5.41, 5.74) is 12.1. The second-order valence-electron chi connectivity index (χ2n) is 6.33. The average Bonchev–Trinajstić information content (AvgIpc) is 3.30. The van der Waals surface area contributed by atoms with Crippen molar-refractivity contribution in [3.8, 4) is 21.7 Å². The Bertz CT molecular complexity index is 953. The SMILES string of the molecule is NCCCCc1c(-c2cccs2)[nH]c2ccc(-c3ccccc3)cc12. The Morgan fingerprint density at radius 1 is 0.880 bits per heavy atom. The lowest BCUT2D eigenvalue weighted by Crippen LogP contribution is -1.99. The molecule has 0 aliphatic heterocycles. The van der Waals surface area contributed by atoms with Crippen molar-refractivity contribution >= 4 is 22.2 Å². The first-order valence-electron chi connectivity index (χ1n) is 8.81. The van der Waals surface area contributed by atoms with Gasteiger partial charge in [-0.15, -0.1) is 11.3 Å². The first-order valence-corrected chi connectivity index (χ1v) is 9.69. The molecule has 0 aliphatic carbocycles. The summed E-state index contributed by atoms with van der Waals surface area (Å²) in [6.45, 7) is 0.756. The van der Waals surface area contributed by atoms with Gasteiger partial charge in [-0.2, -0.15) is 0 Å². The van der Waals surface area contributed by atoms with Crippen molar-refractivity contribution in [1.29, 1.82) is 0 Å². The van der Waals surface area contributed by atoms with Gasteiger partial charge in [0.2, 0.25) is 0 Å². The van der Waals surface area contributed by atoms with Gasteiger partial charge in [0.25, 0.3) is 0 Å². The molecule has 0 atom stereocenters. The summed E-state index contributed by atoms with van der Waals surface area (Å²) in [5.74, 6) is 0. The van der Waals surface area contributed by atoms with Crippen LogP contribution in [0.4, 0.5) is 0 Å². The van der Waals surface area contributed by atoms with Gasteiger partial charge in [-0.3, -0.25) is 0 Å². The molecule has 4 aromatic rings. The van der Waals surface area contributed by atoms with E-state index in [2.05, 4.69) is 71.0 Å². The van der Waals surface area contributed by atoms with Crippen LogP contribution >= 0.6 is 11.3 Å². The van der Waals surface area contributed by atoms with Gasteiger partial charge in [0.1, 0.15) is 0 Å². The number of hydrogen-bond donors (Lipinski definition) is 2. The van der Waals surface area contributed by atoms with E-state index >= 15 is 0 Å². The number of thiophene rings is 1. The van der Waals surface area contributed by atoms with Crippen LogP contribution in [-0.2, 0) is 6.42 Å². The number of nitrogens with two attached hydrogens (primary N) is 1. The van der Waals surface area contributed by atoms with Crippen LogP contribution in [0.5, 0.6) is 0 Å². The molecule has 126 valence electrons. The van der Waals surface area contributed by atoms with Gasteiger partial charge in [0, 0.05) is 10.9 Å². The summed E-state index contributed by atoms with van der Waals surface area (Å²) in [6, 6.07) is 21.6. The number of H-pyrrole nitrogens is 1. The van der Waals surface area contributed by atoms with E-state index in [0.29, 0.717) is 0 Å². The molecule has 0 bridgehead atoms. The number of hydrogen-bond acceptors (Lipinski definition) is 2. The summed E-state index contributed by atoms with van der Waals surface area (Å²) in [7, 11) is 0. The largest absolute Gasteiger partial charge is 0.354 e. The Labute approximate surface area is 152 Å². The molecule has 0 unspecified atom stereocenters. The van der Waals surface area contributed by atoms with Crippen LogP contribution in [0.3, 0.4) is 0 Å². The van der Waals surface area contributed by atoms with Gasteiger partial charge in [-0.25, -0.2) is 0 Å². The molecule has 0 saturated carbocycles. The van der Waals surface area contributed by atoms with Crippen molar-refractivity contribution in [1.82, 2.24) is 4.98 Å². The monoisotopic (exact) mass is 346 g/mol. The van der Waals surface area contributed by atoms with Gasteiger partial charge in [-0.1, -0.05) is 42.5 Å². The van der Waals surface area contributed by atoms with E-state index in [1.807, 2.05) is 0 Å². The lowest BCUT2D eigenvalue weighted by Gasteiger charge is -2.05. The van der Waals surface area contributed by atoms with Crippen molar-refractivity contribution in [2.75, 3.05) is 6.54 Å². The lowest BCUT2D eigenvalue weighted by molar-refractivity contribution is 0.748. The van der Waals surface area contributed by atoms with E-state index in [1.54, 1.807) is 11.3 Å². The van der Waals surface area contributed by atoms with Crippen LogP contribution in [0.15, 0.2) is 66.0 Å². The first kappa shape index (κ1) is 16.1. The zero-order chi connectivity index (χ0) is 17.1. The molecule has 2 aromatic carbocycles. The predicted molar refractivity (Wildman–Crippen MR) is 109 cm³/mol. The Hall–Kier alpha value is -2.36. The highest BCUT2D eigenvalue weighted by Crippen LogP contribution is 2.36. The zero-order valence-corrected chi connectivity index (χ0v) is 15.0. The highest BCUT2D eigenvalue weighted by atomic mass is 32.1. The number of unbranched alkanes of at least 4 members (excludes halogenated alkanes) is 1. The molecule has 0 radical (unpaired) electrons. The quantitative estimate of drug-likeness (QED) is 0.423. The van der Waals surface area contributed by atoms with Crippen molar-refractivity contribution in [3.05, 3.63) is 71.6 Å². The number of aromatic amines is 1. The molecule has 0 fully saturated rings. The Morgan fingerprint density at radius 2 is 1.76 bits per heavy atom. The van der Waals surface area contributed by atoms with E-state index in [4.69, 9.17) is 5.73 Å². The minimum atomic E-state index is 0.756. The fourth-order valence-corrected chi connectivity index (χ4v) is 4.15. The summed E-state index contributed by atoms with van der Waals surface area (Å²) in [6.07, 6.45) is 3.25. The number of fused-ring (bicyclic) bond motifs is 1. The molecule has 0 saturated heterocycles. The molecule has 0 amide bonds. The molecule has 2 nitrogen and oxygen atoms in total. The molecule has 3 N–H and O–H groups in total. The molecule has 2 aromatic heterocycles. The molecule has 0 spiro atoms. The fraction of sp³-hybridized carbons (Fsp3) is 0.182. The van der Waals surface area contributed by atoms with Crippen LogP contribution in [0.1, 0.15) is 18.4 Å². The Morgan fingerprint density at radius 3 is 2.52 bits per heavy atom. The number of aromatic nitrogens is 1. The van der Waals surface area contributed by atoms with Crippen LogP contribution in [-0.4, -0.2) is 11.5 Å². The number of aryl methyl sites for hydroxylation is 1. The standard InChI is InChI=1S/C22H22N2S/c23-13-5-4-9-18-19-15-17(16-7-2-1-3-8-16)11-12-20(19)24-22(18)21-10-6-14-25-21/h1-3,6-8,10-12,14-15,24H,4-5,9,13,23H2. The lowest BCUT2D eigenvalue weighted by atomic mass is 9.99. The van der Waals surface area contributed by atoms with Gasteiger partial charge < -0.3 is 10.7 Å². The molecular formula is C22H22N2S. The van der Waals surface area contributed by atoms with Crippen molar-refractivity contribution in [2.24, 2.45) is 5.73 Å². The third kappa shape index (κ3) is 3.26. The minimum absolute atomic E-state index is 0.756. The summed E-state index contributed by atoms with van der Waals surface area (Å²) >= 11 is 1.79. The van der Waals surface area contributed by atoms with E-state index < -0.39 is 0 Å². The number of benzene rings is 2. The number of nitrogens with one attached hydrogen (secondary N) is 1. The predicted octanol–water partition coefficient (Wildman–Crippen LogP) is 5.84. The summed E-state index contributed by atoms with van der Waals surface area (Å²) in [4.78, 5) is 4.96. The van der Waals surface area contributed by atoms with E-state index in [-0.39, 0.29) is 0 Å². The van der Waals surface area contributed by atoms with Crippen molar-refractivity contribution in [2.45, 2.75) is 19.3 Å². The highest BCUT2D eigenvalue weighted by molar-refractivity contribution is 7.13. The topological polar surface area (TPSA) is 41.8 Å². The van der Waals surface area contributed by atoms with E-state index in [0.717, 1.165) is 25.8 Å². The Kier molecular flexibility index (Phi) is 4.68. The average molecular weight is 346 g/mol. The van der Waals surface area contributed by atoms with Gasteiger partial charge in [0.15, 0.2) is 0 Å². The maximum Gasteiger partial charge on any atom is 0.0598 e. The molecule has 2 heterocycles. The van der Waals surface area contributed by atoms with E-state index in [1.165, 1.54) is 38.2 Å². The fourth-order valence-electron chi connectivity index (χ4n) is 3.39. The molecule has 3 heteroatoms. The van der Waals surface area contributed by atoms with Crippen molar-refractivity contribution < 1.29 is 0 Å². The van der Waals surface area contributed by atoms with Gasteiger partial charge in [-0.05, 0) is 66.1 Å². The van der Waals surface area contributed by atoms with Gasteiger partial charge >= 0.3 is 0 Å². The van der Waals surface area contributed by atoms with Crippen molar-refractivity contribution in [3.63, 3.8) is 0 Å². The second kappa shape index (κ2) is 7.26. The van der Waals surface area contributed by atoms with Crippen LogP contribution in [0, 0.1) is 0 Å². The van der Waals surface area contributed by atoms with Crippen LogP contribution < -0.4 is 5.73 Å². The van der Waals surface area contributed by atoms with E-state index in [9.17, 15) is 0 Å².